The Bertz CT molecular complexity index is 396. The molecule has 0 spiro atoms. The van der Waals surface area contributed by atoms with Gasteiger partial charge in [-0.3, -0.25) is 4.79 Å². The third kappa shape index (κ3) is 2.63. The number of carbonyl (C=O) groups excluding carboxylic acids is 1. The van der Waals surface area contributed by atoms with Crippen LogP contribution in [0.2, 0.25) is 0 Å². The van der Waals surface area contributed by atoms with Crippen LogP contribution in [0.3, 0.4) is 0 Å². The van der Waals surface area contributed by atoms with Crippen molar-refractivity contribution in [2.24, 2.45) is 0 Å². The fourth-order valence-electron chi connectivity index (χ4n) is 1.03. The van der Waals surface area contributed by atoms with Crippen molar-refractivity contribution in [2.75, 3.05) is 0 Å². The fourth-order valence-corrected chi connectivity index (χ4v) is 1.03. The van der Waals surface area contributed by atoms with Crippen LogP contribution < -0.4 is 0 Å². The van der Waals surface area contributed by atoms with Crippen molar-refractivity contribution in [3.63, 3.8) is 0 Å². The standard InChI is InChI=1S/C10H7F2NO/c11-8-2-1-7(10(12)6-8)5-9(14)3-4-13/h1-2,6H,3,5H2. The lowest BCUT2D eigenvalue weighted by molar-refractivity contribution is -0.117. The number of nitrogens with zero attached hydrogens (tertiary/aromatic N) is 1. The Morgan fingerprint density at radius 1 is 1.43 bits per heavy atom. The molecule has 1 aromatic carbocycles. The number of rotatable bonds is 3. The second kappa shape index (κ2) is 4.47. The molecular weight excluding hydrogens is 188 g/mol. The summed E-state index contributed by atoms with van der Waals surface area (Å²) in [6.07, 6.45) is -0.420. The summed E-state index contributed by atoms with van der Waals surface area (Å²) in [5.74, 6) is -1.81. The minimum atomic E-state index is -0.753. The van der Waals surface area contributed by atoms with Gasteiger partial charge >= 0.3 is 0 Å². The molecule has 1 rings (SSSR count). The number of nitriles is 1. The van der Waals surface area contributed by atoms with E-state index < -0.39 is 11.6 Å². The molecule has 0 radical (unpaired) electrons. The molecule has 0 aliphatic carbocycles. The van der Waals surface area contributed by atoms with E-state index in [0.29, 0.717) is 0 Å². The molecule has 0 heterocycles. The van der Waals surface area contributed by atoms with Gasteiger partial charge in [-0.05, 0) is 11.6 Å². The van der Waals surface area contributed by atoms with Crippen LogP contribution in [0.1, 0.15) is 12.0 Å². The summed E-state index contributed by atoms with van der Waals surface area (Å²) in [6.45, 7) is 0. The van der Waals surface area contributed by atoms with E-state index in [9.17, 15) is 13.6 Å². The van der Waals surface area contributed by atoms with Gasteiger partial charge in [0.1, 0.15) is 11.6 Å². The Morgan fingerprint density at radius 2 is 2.14 bits per heavy atom. The first-order chi connectivity index (χ1) is 6.63. The zero-order valence-corrected chi connectivity index (χ0v) is 7.26. The highest BCUT2D eigenvalue weighted by Crippen LogP contribution is 2.10. The fraction of sp³-hybridized carbons (Fsp3) is 0.200. The van der Waals surface area contributed by atoms with E-state index in [-0.39, 0.29) is 24.2 Å². The molecule has 0 bridgehead atoms. The average Bonchev–Trinajstić information content (AvgIpc) is 2.10. The van der Waals surface area contributed by atoms with Crippen LogP contribution in [-0.4, -0.2) is 5.78 Å². The van der Waals surface area contributed by atoms with Gasteiger partial charge in [0.25, 0.3) is 0 Å². The maximum absolute atomic E-state index is 13.0. The van der Waals surface area contributed by atoms with Crippen LogP contribution in [-0.2, 0) is 11.2 Å². The van der Waals surface area contributed by atoms with Crippen LogP contribution in [0.4, 0.5) is 8.78 Å². The first-order valence-electron chi connectivity index (χ1n) is 3.96. The second-order valence-corrected chi connectivity index (χ2v) is 2.79. The van der Waals surface area contributed by atoms with Gasteiger partial charge in [0.15, 0.2) is 5.78 Å². The summed E-state index contributed by atoms with van der Waals surface area (Å²) in [6, 6.07) is 4.68. The Labute approximate surface area is 79.8 Å². The molecule has 0 aliphatic heterocycles. The van der Waals surface area contributed by atoms with Gasteiger partial charge in [-0.1, -0.05) is 6.07 Å². The summed E-state index contributed by atoms with van der Waals surface area (Å²) >= 11 is 0. The van der Waals surface area contributed by atoms with Crippen LogP contribution in [0.15, 0.2) is 18.2 Å². The third-order valence-electron chi connectivity index (χ3n) is 1.68. The zero-order chi connectivity index (χ0) is 10.6. The Hall–Kier alpha value is -1.76. The SMILES string of the molecule is N#CCC(=O)Cc1ccc(F)cc1F. The lowest BCUT2D eigenvalue weighted by atomic mass is 10.1. The van der Waals surface area contributed by atoms with Gasteiger partial charge in [-0.15, -0.1) is 0 Å². The van der Waals surface area contributed by atoms with Crippen molar-refractivity contribution >= 4 is 5.78 Å². The van der Waals surface area contributed by atoms with Gasteiger partial charge in [-0.2, -0.15) is 5.26 Å². The first kappa shape index (κ1) is 10.3. The third-order valence-corrected chi connectivity index (χ3v) is 1.68. The van der Waals surface area contributed by atoms with Gasteiger partial charge in [-0.25, -0.2) is 8.78 Å². The van der Waals surface area contributed by atoms with Gasteiger partial charge in [0.05, 0.1) is 12.5 Å². The molecular formula is C10H7F2NO. The molecule has 0 saturated heterocycles. The number of ketones is 1. The van der Waals surface area contributed by atoms with Crippen LogP contribution in [0, 0.1) is 23.0 Å². The zero-order valence-electron chi connectivity index (χ0n) is 7.26. The summed E-state index contributed by atoms with van der Waals surface area (Å²) in [7, 11) is 0. The second-order valence-electron chi connectivity index (χ2n) is 2.79. The topological polar surface area (TPSA) is 40.9 Å². The van der Waals surface area contributed by atoms with E-state index in [2.05, 4.69) is 0 Å². The summed E-state index contributed by atoms with van der Waals surface area (Å²) < 4.78 is 25.4. The molecule has 2 nitrogen and oxygen atoms in total. The van der Waals surface area contributed by atoms with Gasteiger partial charge in [0.2, 0.25) is 0 Å². The van der Waals surface area contributed by atoms with Gasteiger partial charge in [0, 0.05) is 12.5 Å². The Balaban J connectivity index is 2.78. The predicted molar refractivity (Wildman–Crippen MR) is 45.3 cm³/mol. The summed E-state index contributed by atoms with van der Waals surface area (Å²) in [4.78, 5) is 11.0. The van der Waals surface area contributed by atoms with Crippen molar-refractivity contribution in [3.05, 3.63) is 35.4 Å². The van der Waals surface area contributed by atoms with Crippen molar-refractivity contribution in [2.45, 2.75) is 12.8 Å². The number of Topliss-reactive ketones (excluding diaryl/α,β-unsaturated/α-hetero) is 1. The van der Waals surface area contributed by atoms with Crippen molar-refractivity contribution in [3.8, 4) is 6.07 Å². The molecule has 0 fully saturated rings. The highest BCUT2D eigenvalue weighted by atomic mass is 19.1. The van der Waals surface area contributed by atoms with Gasteiger partial charge < -0.3 is 0 Å². The molecule has 0 aliphatic rings. The predicted octanol–water partition coefficient (Wildman–Crippen LogP) is 1.99. The monoisotopic (exact) mass is 195 g/mol. The highest BCUT2D eigenvalue weighted by Gasteiger charge is 2.08. The van der Waals surface area contributed by atoms with Crippen molar-refractivity contribution in [1.82, 2.24) is 0 Å². The molecule has 1 aromatic rings. The smallest absolute Gasteiger partial charge is 0.151 e. The molecule has 72 valence electrons. The molecule has 0 aromatic heterocycles. The number of carbonyl (C=O) groups is 1. The van der Waals surface area contributed by atoms with Crippen molar-refractivity contribution < 1.29 is 13.6 Å². The molecule has 0 unspecified atom stereocenters. The van der Waals surface area contributed by atoms with E-state index >= 15 is 0 Å². The minimum Gasteiger partial charge on any atom is -0.298 e. The van der Waals surface area contributed by atoms with E-state index in [4.69, 9.17) is 5.26 Å². The largest absolute Gasteiger partial charge is 0.298 e. The number of halogens is 2. The first-order valence-corrected chi connectivity index (χ1v) is 3.96. The molecule has 0 N–H and O–H groups in total. The quantitative estimate of drug-likeness (QED) is 0.740. The van der Waals surface area contributed by atoms with E-state index in [1.54, 1.807) is 6.07 Å². The van der Waals surface area contributed by atoms with E-state index in [0.717, 1.165) is 12.1 Å². The Morgan fingerprint density at radius 3 is 2.71 bits per heavy atom. The average molecular weight is 195 g/mol. The summed E-state index contributed by atoms with van der Waals surface area (Å²) in [5, 5.41) is 8.20. The molecule has 14 heavy (non-hydrogen) atoms. The van der Waals surface area contributed by atoms with Crippen LogP contribution in [0.25, 0.3) is 0 Å². The Kier molecular flexibility index (Phi) is 3.29. The molecule has 0 amide bonds. The molecule has 0 atom stereocenters. The molecule has 4 heteroatoms. The number of hydrogen-bond donors (Lipinski definition) is 0. The van der Waals surface area contributed by atoms with E-state index in [1.807, 2.05) is 0 Å². The maximum Gasteiger partial charge on any atom is 0.151 e. The highest BCUT2D eigenvalue weighted by molar-refractivity contribution is 5.82. The van der Waals surface area contributed by atoms with Crippen LogP contribution >= 0.6 is 0 Å². The lowest BCUT2D eigenvalue weighted by Gasteiger charge is -2.00. The van der Waals surface area contributed by atoms with E-state index in [1.165, 1.54) is 6.07 Å². The normalized spacial score (nSPS) is 9.50. The lowest BCUT2D eigenvalue weighted by Crippen LogP contribution is -2.03. The van der Waals surface area contributed by atoms with Crippen molar-refractivity contribution in [1.29, 1.82) is 5.26 Å². The van der Waals surface area contributed by atoms with Crippen LogP contribution in [0.5, 0.6) is 0 Å². The minimum absolute atomic E-state index is 0.117. The molecule has 0 saturated carbocycles. The maximum atomic E-state index is 13.0. The number of benzene rings is 1. The summed E-state index contributed by atoms with van der Waals surface area (Å²) in [5.41, 5.74) is 0.117. The number of hydrogen-bond acceptors (Lipinski definition) is 2.